The average molecular weight is 316 g/mol. The second kappa shape index (κ2) is 5.73. The van der Waals surface area contributed by atoms with Gasteiger partial charge in [0.15, 0.2) is 5.76 Å². The first kappa shape index (κ1) is 14.5. The number of benzene rings is 2. The van der Waals surface area contributed by atoms with Crippen molar-refractivity contribution in [2.24, 2.45) is 0 Å². The molecule has 1 aromatic heterocycles. The van der Waals surface area contributed by atoms with Crippen molar-refractivity contribution >= 4 is 11.6 Å². The molecule has 3 rings (SSSR count). The van der Waals surface area contributed by atoms with Crippen molar-refractivity contribution < 1.29 is 14.4 Å². The van der Waals surface area contributed by atoms with Gasteiger partial charge in [-0.05, 0) is 36.8 Å². The zero-order valence-electron chi connectivity index (χ0n) is 12.1. The van der Waals surface area contributed by atoms with Crippen LogP contribution in [-0.4, -0.2) is 17.4 Å². The summed E-state index contributed by atoms with van der Waals surface area (Å²) in [6, 6.07) is 12.4. The van der Waals surface area contributed by atoms with E-state index >= 15 is 0 Å². The monoisotopic (exact) mass is 315 g/mol. The van der Waals surface area contributed by atoms with Crippen LogP contribution >= 0.6 is 11.6 Å². The highest BCUT2D eigenvalue weighted by Crippen LogP contribution is 2.40. The van der Waals surface area contributed by atoms with Crippen molar-refractivity contribution in [3.8, 4) is 33.9 Å². The third-order valence-electron chi connectivity index (χ3n) is 3.45. The maximum absolute atomic E-state index is 10.2. The summed E-state index contributed by atoms with van der Waals surface area (Å²) in [5, 5.41) is 14.9. The fraction of sp³-hybridized carbons (Fsp3) is 0.118. The first-order valence-electron chi connectivity index (χ1n) is 6.69. The molecule has 2 aromatic carbocycles. The highest BCUT2D eigenvalue weighted by atomic mass is 35.5. The lowest BCUT2D eigenvalue weighted by molar-refractivity contribution is 0.405. The van der Waals surface area contributed by atoms with Crippen LogP contribution in [-0.2, 0) is 0 Å². The zero-order valence-corrected chi connectivity index (χ0v) is 12.9. The normalized spacial score (nSPS) is 10.7. The molecule has 0 amide bonds. The Morgan fingerprint density at radius 2 is 1.86 bits per heavy atom. The second-order valence-electron chi connectivity index (χ2n) is 4.86. The minimum absolute atomic E-state index is 0.0747. The van der Waals surface area contributed by atoms with Crippen LogP contribution in [0.1, 0.15) is 5.69 Å². The Morgan fingerprint density at radius 1 is 1.14 bits per heavy atom. The summed E-state index contributed by atoms with van der Waals surface area (Å²) < 4.78 is 10.5. The first-order chi connectivity index (χ1) is 10.6. The van der Waals surface area contributed by atoms with E-state index in [-0.39, 0.29) is 5.75 Å². The van der Waals surface area contributed by atoms with E-state index in [1.165, 1.54) is 0 Å². The summed E-state index contributed by atoms with van der Waals surface area (Å²) in [5.41, 5.74) is 3.06. The topological polar surface area (TPSA) is 55.5 Å². The summed E-state index contributed by atoms with van der Waals surface area (Å²) >= 11 is 5.94. The van der Waals surface area contributed by atoms with Crippen molar-refractivity contribution in [1.82, 2.24) is 5.16 Å². The molecule has 4 nitrogen and oxygen atoms in total. The van der Waals surface area contributed by atoms with E-state index in [1.54, 1.807) is 37.4 Å². The van der Waals surface area contributed by atoms with Crippen LogP contribution in [0, 0.1) is 6.92 Å². The van der Waals surface area contributed by atoms with Crippen molar-refractivity contribution in [3.63, 3.8) is 0 Å². The SMILES string of the molecule is COc1ccc(-c2onc(C)c2-c2ccc(Cl)cc2)c(O)c1. The van der Waals surface area contributed by atoms with E-state index in [2.05, 4.69) is 5.16 Å². The van der Waals surface area contributed by atoms with Gasteiger partial charge < -0.3 is 14.4 Å². The van der Waals surface area contributed by atoms with Gasteiger partial charge >= 0.3 is 0 Å². The molecule has 112 valence electrons. The van der Waals surface area contributed by atoms with Gasteiger partial charge in [0.05, 0.1) is 23.9 Å². The minimum atomic E-state index is 0.0747. The number of nitrogens with zero attached hydrogens (tertiary/aromatic N) is 1. The van der Waals surface area contributed by atoms with E-state index in [4.69, 9.17) is 20.9 Å². The predicted molar refractivity (Wildman–Crippen MR) is 85.3 cm³/mol. The Labute approximate surface area is 132 Å². The van der Waals surface area contributed by atoms with Gasteiger partial charge in [0.2, 0.25) is 0 Å². The number of aryl methyl sites for hydroxylation is 1. The molecule has 5 heteroatoms. The quantitative estimate of drug-likeness (QED) is 0.762. The number of methoxy groups -OCH3 is 1. The standard InChI is InChI=1S/C17H14ClNO3/c1-10-16(11-3-5-12(18)6-4-11)17(22-19-10)14-8-7-13(21-2)9-15(14)20/h3-9,20H,1-2H3. The molecule has 1 N–H and O–H groups in total. The van der Waals surface area contributed by atoms with Crippen LogP contribution in [0.25, 0.3) is 22.5 Å². The molecule has 0 atom stereocenters. The summed E-state index contributed by atoms with van der Waals surface area (Å²) in [5.74, 6) is 1.16. The highest BCUT2D eigenvalue weighted by molar-refractivity contribution is 6.30. The van der Waals surface area contributed by atoms with Gasteiger partial charge in [-0.25, -0.2) is 0 Å². The molecular weight excluding hydrogens is 302 g/mol. The maximum Gasteiger partial charge on any atom is 0.178 e. The Hall–Kier alpha value is -2.46. The molecule has 0 aliphatic heterocycles. The van der Waals surface area contributed by atoms with E-state index in [1.807, 2.05) is 19.1 Å². The molecular formula is C17H14ClNO3. The lowest BCUT2D eigenvalue weighted by Crippen LogP contribution is -1.86. The average Bonchev–Trinajstić information content (AvgIpc) is 2.89. The van der Waals surface area contributed by atoms with Crippen LogP contribution in [0.3, 0.4) is 0 Å². The van der Waals surface area contributed by atoms with E-state index in [9.17, 15) is 5.11 Å². The van der Waals surface area contributed by atoms with Gasteiger partial charge in [0, 0.05) is 11.1 Å². The van der Waals surface area contributed by atoms with Crippen molar-refractivity contribution in [2.75, 3.05) is 7.11 Å². The van der Waals surface area contributed by atoms with Crippen LogP contribution in [0.5, 0.6) is 11.5 Å². The number of hydrogen-bond donors (Lipinski definition) is 1. The van der Waals surface area contributed by atoms with Crippen LogP contribution in [0.4, 0.5) is 0 Å². The second-order valence-corrected chi connectivity index (χ2v) is 5.30. The van der Waals surface area contributed by atoms with Crippen LogP contribution in [0.2, 0.25) is 5.02 Å². The molecule has 0 spiro atoms. The number of phenolic OH excluding ortho intramolecular Hbond substituents is 1. The largest absolute Gasteiger partial charge is 0.507 e. The molecule has 0 saturated carbocycles. The number of hydrogen-bond acceptors (Lipinski definition) is 4. The molecule has 0 radical (unpaired) electrons. The van der Waals surface area contributed by atoms with Gasteiger partial charge in [-0.15, -0.1) is 0 Å². The zero-order chi connectivity index (χ0) is 15.7. The number of halogens is 1. The lowest BCUT2D eigenvalue weighted by Gasteiger charge is -2.07. The van der Waals surface area contributed by atoms with Crippen molar-refractivity contribution in [1.29, 1.82) is 0 Å². The third kappa shape index (κ3) is 2.53. The van der Waals surface area contributed by atoms with E-state index in [0.29, 0.717) is 22.1 Å². The first-order valence-corrected chi connectivity index (χ1v) is 7.07. The van der Waals surface area contributed by atoms with Crippen molar-refractivity contribution in [3.05, 3.63) is 53.2 Å². The molecule has 0 fully saturated rings. The molecule has 0 saturated heterocycles. The maximum atomic E-state index is 10.2. The van der Waals surface area contributed by atoms with Crippen molar-refractivity contribution in [2.45, 2.75) is 6.92 Å². The number of aromatic hydroxyl groups is 1. The van der Waals surface area contributed by atoms with E-state index in [0.717, 1.165) is 16.8 Å². The number of rotatable bonds is 3. The highest BCUT2D eigenvalue weighted by Gasteiger charge is 2.19. The van der Waals surface area contributed by atoms with Crippen LogP contribution < -0.4 is 4.74 Å². The molecule has 22 heavy (non-hydrogen) atoms. The third-order valence-corrected chi connectivity index (χ3v) is 3.70. The Kier molecular flexibility index (Phi) is 3.77. The summed E-state index contributed by atoms with van der Waals surface area (Å²) in [6.45, 7) is 1.86. The molecule has 3 aromatic rings. The number of ether oxygens (including phenoxy) is 1. The van der Waals surface area contributed by atoms with Gasteiger partial charge in [-0.3, -0.25) is 0 Å². The number of phenols is 1. The summed E-state index contributed by atoms with van der Waals surface area (Å²) in [7, 11) is 1.55. The Balaban J connectivity index is 2.15. The molecule has 0 aliphatic rings. The van der Waals surface area contributed by atoms with Gasteiger partial charge in [-0.1, -0.05) is 28.9 Å². The van der Waals surface area contributed by atoms with Gasteiger partial charge in [0.1, 0.15) is 11.5 Å². The summed E-state index contributed by atoms with van der Waals surface area (Å²) in [6.07, 6.45) is 0. The molecule has 0 unspecified atom stereocenters. The molecule has 1 heterocycles. The van der Waals surface area contributed by atoms with E-state index < -0.39 is 0 Å². The smallest absolute Gasteiger partial charge is 0.178 e. The minimum Gasteiger partial charge on any atom is -0.507 e. The summed E-state index contributed by atoms with van der Waals surface area (Å²) in [4.78, 5) is 0. The van der Waals surface area contributed by atoms with Gasteiger partial charge in [0.25, 0.3) is 0 Å². The Morgan fingerprint density at radius 3 is 2.50 bits per heavy atom. The predicted octanol–water partition coefficient (Wildman–Crippen LogP) is 4.68. The number of aromatic nitrogens is 1. The molecule has 0 aliphatic carbocycles. The fourth-order valence-electron chi connectivity index (χ4n) is 2.34. The lowest BCUT2D eigenvalue weighted by atomic mass is 9.99. The fourth-order valence-corrected chi connectivity index (χ4v) is 2.47. The van der Waals surface area contributed by atoms with Gasteiger partial charge in [-0.2, -0.15) is 0 Å². The van der Waals surface area contributed by atoms with Crippen LogP contribution in [0.15, 0.2) is 47.0 Å². The Bertz CT molecular complexity index is 809. The molecule has 0 bridgehead atoms.